The SMILES string of the molecule is CN1CCC(CNc2cccnc2[N+](=O)[O-])C1. The minimum atomic E-state index is -0.455. The molecule has 1 aliphatic heterocycles. The van der Waals surface area contributed by atoms with Gasteiger partial charge in [0.2, 0.25) is 0 Å². The molecule has 17 heavy (non-hydrogen) atoms. The van der Waals surface area contributed by atoms with Gasteiger partial charge in [0.15, 0.2) is 0 Å². The van der Waals surface area contributed by atoms with Crippen LogP contribution in [0.5, 0.6) is 0 Å². The number of nitrogens with zero attached hydrogens (tertiary/aromatic N) is 3. The third kappa shape index (κ3) is 2.91. The van der Waals surface area contributed by atoms with Crippen molar-refractivity contribution in [2.45, 2.75) is 6.42 Å². The lowest BCUT2D eigenvalue weighted by molar-refractivity contribution is -0.388. The van der Waals surface area contributed by atoms with E-state index in [1.807, 2.05) is 0 Å². The molecule has 92 valence electrons. The molecule has 0 amide bonds. The molecule has 1 fully saturated rings. The van der Waals surface area contributed by atoms with E-state index in [0.717, 1.165) is 26.1 Å². The second-order valence-electron chi connectivity index (χ2n) is 4.43. The summed E-state index contributed by atoms with van der Waals surface area (Å²) in [5.41, 5.74) is 0.507. The maximum Gasteiger partial charge on any atom is 0.386 e. The van der Waals surface area contributed by atoms with E-state index in [-0.39, 0.29) is 5.82 Å². The standard InChI is InChI=1S/C11H16N4O2/c1-14-6-4-9(8-14)7-13-10-3-2-5-12-11(10)15(16)17/h2-3,5,9,13H,4,6-8H2,1H3. The molecule has 0 radical (unpaired) electrons. The Bertz CT molecular complexity index is 410. The third-order valence-electron chi connectivity index (χ3n) is 3.03. The van der Waals surface area contributed by atoms with Crippen LogP contribution in [-0.4, -0.2) is 41.5 Å². The average molecular weight is 236 g/mol. The zero-order valence-corrected chi connectivity index (χ0v) is 9.80. The van der Waals surface area contributed by atoms with Gasteiger partial charge < -0.3 is 20.3 Å². The van der Waals surface area contributed by atoms with Crippen molar-refractivity contribution in [2.24, 2.45) is 5.92 Å². The molecule has 1 aliphatic rings. The summed E-state index contributed by atoms with van der Waals surface area (Å²) >= 11 is 0. The normalized spacial score (nSPS) is 20.4. The maximum absolute atomic E-state index is 10.8. The second-order valence-corrected chi connectivity index (χ2v) is 4.43. The molecule has 6 nitrogen and oxygen atoms in total. The van der Waals surface area contributed by atoms with E-state index in [9.17, 15) is 10.1 Å². The molecule has 0 aromatic carbocycles. The van der Waals surface area contributed by atoms with Crippen molar-refractivity contribution in [3.63, 3.8) is 0 Å². The molecular weight excluding hydrogens is 220 g/mol. The van der Waals surface area contributed by atoms with E-state index < -0.39 is 4.92 Å². The number of hydrogen-bond acceptors (Lipinski definition) is 5. The molecule has 0 bridgehead atoms. The lowest BCUT2D eigenvalue weighted by Crippen LogP contribution is -2.19. The van der Waals surface area contributed by atoms with Crippen molar-refractivity contribution in [2.75, 3.05) is 32.0 Å². The van der Waals surface area contributed by atoms with Gasteiger partial charge in [0, 0.05) is 13.1 Å². The van der Waals surface area contributed by atoms with Gasteiger partial charge in [-0.05, 0) is 48.0 Å². The van der Waals surface area contributed by atoms with Crippen molar-refractivity contribution in [1.29, 1.82) is 0 Å². The smallest absolute Gasteiger partial charge is 0.378 e. The van der Waals surface area contributed by atoms with E-state index >= 15 is 0 Å². The molecule has 1 aromatic rings. The predicted molar refractivity (Wildman–Crippen MR) is 65.0 cm³/mol. The fraction of sp³-hybridized carbons (Fsp3) is 0.545. The Morgan fingerprint density at radius 3 is 3.18 bits per heavy atom. The molecular formula is C11H16N4O2. The zero-order chi connectivity index (χ0) is 12.3. The van der Waals surface area contributed by atoms with Crippen molar-refractivity contribution in [3.8, 4) is 0 Å². The zero-order valence-electron chi connectivity index (χ0n) is 9.80. The number of anilines is 1. The highest BCUT2D eigenvalue weighted by Gasteiger charge is 2.20. The van der Waals surface area contributed by atoms with Gasteiger partial charge in [0.25, 0.3) is 0 Å². The van der Waals surface area contributed by atoms with E-state index in [4.69, 9.17) is 0 Å². The maximum atomic E-state index is 10.8. The second kappa shape index (κ2) is 5.09. The first kappa shape index (κ1) is 11.8. The van der Waals surface area contributed by atoms with Gasteiger partial charge in [-0.1, -0.05) is 0 Å². The molecule has 1 atom stereocenters. The van der Waals surface area contributed by atoms with Gasteiger partial charge in [-0.15, -0.1) is 0 Å². The first-order valence-corrected chi connectivity index (χ1v) is 5.68. The number of nitro groups is 1. The third-order valence-corrected chi connectivity index (χ3v) is 3.03. The minimum Gasteiger partial charge on any atom is -0.378 e. The fourth-order valence-electron chi connectivity index (χ4n) is 2.13. The number of aromatic nitrogens is 1. The Morgan fingerprint density at radius 1 is 1.71 bits per heavy atom. The summed E-state index contributed by atoms with van der Waals surface area (Å²) < 4.78 is 0. The van der Waals surface area contributed by atoms with Crippen LogP contribution in [0.3, 0.4) is 0 Å². The summed E-state index contributed by atoms with van der Waals surface area (Å²) in [6, 6.07) is 3.40. The summed E-state index contributed by atoms with van der Waals surface area (Å²) in [4.78, 5) is 16.3. The van der Waals surface area contributed by atoms with E-state index in [1.54, 1.807) is 12.1 Å². The highest BCUT2D eigenvalue weighted by atomic mass is 16.6. The summed E-state index contributed by atoms with van der Waals surface area (Å²) in [5, 5.41) is 13.9. The van der Waals surface area contributed by atoms with Crippen LogP contribution in [0.1, 0.15) is 6.42 Å². The lowest BCUT2D eigenvalue weighted by atomic mass is 10.1. The van der Waals surface area contributed by atoms with Gasteiger partial charge in [-0.3, -0.25) is 0 Å². The van der Waals surface area contributed by atoms with Crippen molar-refractivity contribution in [1.82, 2.24) is 9.88 Å². The van der Waals surface area contributed by atoms with Gasteiger partial charge in [0.1, 0.15) is 11.9 Å². The highest BCUT2D eigenvalue weighted by molar-refractivity contribution is 5.56. The average Bonchev–Trinajstić information content (AvgIpc) is 2.73. The molecule has 1 N–H and O–H groups in total. The molecule has 1 aromatic heterocycles. The number of nitrogens with one attached hydrogen (secondary N) is 1. The van der Waals surface area contributed by atoms with Gasteiger partial charge >= 0.3 is 5.82 Å². The number of rotatable bonds is 4. The lowest BCUT2D eigenvalue weighted by Gasteiger charge is -2.12. The minimum absolute atomic E-state index is 0.0983. The van der Waals surface area contributed by atoms with Crippen LogP contribution in [0.15, 0.2) is 18.3 Å². The van der Waals surface area contributed by atoms with Crippen LogP contribution in [0.2, 0.25) is 0 Å². The molecule has 0 spiro atoms. The molecule has 6 heteroatoms. The quantitative estimate of drug-likeness (QED) is 0.631. The predicted octanol–water partition coefficient (Wildman–Crippen LogP) is 1.35. The molecule has 0 saturated carbocycles. The number of pyridine rings is 1. The first-order valence-electron chi connectivity index (χ1n) is 5.68. The number of likely N-dealkylation sites (tertiary alicyclic amines) is 1. The van der Waals surface area contributed by atoms with Crippen LogP contribution >= 0.6 is 0 Å². The monoisotopic (exact) mass is 236 g/mol. The summed E-state index contributed by atoms with van der Waals surface area (Å²) in [6.45, 7) is 2.90. The Hall–Kier alpha value is -1.69. The van der Waals surface area contributed by atoms with Gasteiger partial charge in [0.05, 0.1) is 0 Å². The van der Waals surface area contributed by atoms with Crippen molar-refractivity contribution < 1.29 is 4.92 Å². The Labute approximate surface area is 99.8 Å². The van der Waals surface area contributed by atoms with Crippen molar-refractivity contribution >= 4 is 11.5 Å². The van der Waals surface area contributed by atoms with Crippen LogP contribution in [-0.2, 0) is 0 Å². The Balaban J connectivity index is 1.97. The fourth-order valence-corrected chi connectivity index (χ4v) is 2.13. The van der Waals surface area contributed by atoms with Gasteiger partial charge in [-0.2, -0.15) is 0 Å². The largest absolute Gasteiger partial charge is 0.386 e. The molecule has 2 heterocycles. The van der Waals surface area contributed by atoms with E-state index in [0.29, 0.717) is 11.6 Å². The Morgan fingerprint density at radius 2 is 2.53 bits per heavy atom. The topological polar surface area (TPSA) is 71.3 Å². The van der Waals surface area contributed by atoms with Gasteiger partial charge in [-0.25, -0.2) is 0 Å². The Kier molecular flexibility index (Phi) is 3.53. The summed E-state index contributed by atoms with van der Waals surface area (Å²) in [5.74, 6) is 0.457. The number of hydrogen-bond donors (Lipinski definition) is 1. The summed E-state index contributed by atoms with van der Waals surface area (Å²) in [7, 11) is 2.09. The van der Waals surface area contributed by atoms with Crippen molar-refractivity contribution in [3.05, 3.63) is 28.4 Å². The molecule has 2 rings (SSSR count). The van der Waals surface area contributed by atoms with Crippen LogP contribution in [0.4, 0.5) is 11.5 Å². The molecule has 1 saturated heterocycles. The summed E-state index contributed by atoms with van der Waals surface area (Å²) in [6.07, 6.45) is 2.57. The van der Waals surface area contributed by atoms with Crippen LogP contribution in [0.25, 0.3) is 0 Å². The van der Waals surface area contributed by atoms with Crippen LogP contribution in [0, 0.1) is 16.0 Å². The first-order chi connectivity index (χ1) is 8.16. The molecule has 0 aliphatic carbocycles. The molecule has 1 unspecified atom stereocenters. The van der Waals surface area contributed by atoms with E-state index in [1.165, 1.54) is 6.20 Å². The van der Waals surface area contributed by atoms with Crippen LogP contribution < -0.4 is 5.32 Å². The highest BCUT2D eigenvalue weighted by Crippen LogP contribution is 2.22. The van der Waals surface area contributed by atoms with E-state index in [2.05, 4.69) is 22.2 Å².